The van der Waals surface area contributed by atoms with Crippen LogP contribution in [0.2, 0.25) is 0 Å². The molecule has 0 spiro atoms. The number of halogens is 2. The molecule has 0 aliphatic rings. The van der Waals surface area contributed by atoms with E-state index in [9.17, 15) is 0 Å². The van der Waals surface area contributed by atoms with Crippen LogP contribution < -0.4 is 10.1 Å². The summed E-state index contributed by atoms with van der Waals surface area (Å²) in [5.41, 5.74) is 0.809. The molecule has 0 unspecified atom stereocenters. The van der Waals surface area contributed by atoms with E-state index >= 15 is 0 Å². The standard InChI is InChI=1S/C11H9Br2N3O/c1-17-10-3-2-7(12)4-9(10)16-11-14-5-8(13)6-15-11/h2-6H,1H3,(H,14,15,16). The van der Waals surface area contributed by atoms with Gasteiger partial charge in [0.2, 0.25) is 5.95 Å². The maximum absolute atomic E-state index is 5.25. The Morgan fingerprint density at radius 1 is 1.12 bits per heavy atom. The number of nitrogens with one attached hydrogen (secondary N) is 1. The fourth-order valence-corrected chi connectivity index (χ4v) is 1.84. The molecule has 17 heavy (non-hydrogen) atoms. The molecule has 4 nitrogen and oxygen atoms in total. The molecule has 2 rings (SSSR count). The molecule has 0 aliphatic carbocycles. The lowest BCUT2D eigenvalue weighted by molar-refractivity contribution is 0.416. The molecule has 0 saturated heterocycles. The van der Waals surface area contributed by atoms with Crippen LogP contribution in [0, 0.1) is 0 Å². The smallest absolute Gasteiger partial charge is 0.227 e. The monoisotopic (exact) mass is 357 g/mol. The number of aromatic nitrogens is 2. The van der Waals surface area contributed by atoms with Gasteiger partial charge >= 0.3 is 0 Å². The molecule has 1 aromatic carbocycles. The SMILES string of the molecule is COc1ccc(Br)cc1Nc1ncc(Br)cn1. The molecular formula is C11H9Br2N3O. The molecule has 0 atom stereocenters. The predicted molar refractivity (Wildman–Crippen MR) is 73.7 cm³/mol. The predicted octanol–water partition coefficient (Wildman–Crippen LogP) is 3.75. The maximum Gasteiger partial charge on any atom is 0.227 e. The summed E-state index contributed by atoms with van der Waals surface area (Å²) < 4.78 is 7.04. The van der Waals surface area contributed by atoms with Gasteiger partial charge in [-0.05, 0) is 34.1 Å². The summed E-state index contributed by atoms with van der Waals surface area (Å²) in [6, 6.07) is 5.68. The van der Waals surface area contributed by atoms with Crippen LogP contribution >= 0.6 is 31.9 Å². The number of nitrogens with zero attached hydrogens (tertiary/aromatic N) is 2. The second-order valence-corrected chi connectivity index (χ2v) is 5.03. The minimum Gasteiger partial charge on any atom is -0.495 e. The summed E-state index contributed by atoms with van der Waals surface area (Å²) in [5, 5.41) is 3.09. The summed E-state index contributed by atoms with van der Waals surface area (Å²) >= 11 is 6.69. The van der Waals surface area contributed by atoms with Crippen molar-refractivity contribution >= 4 is 43.5 Å². The van der Waals surface area contributed by atoms with Crippen LogP contribution in [0.4, 0.5) is 11.6 Å². The van der Waals surface area contributed by atoms with Crippen LogP contribution in [0.5, 0.6) is 5.75 Å². The normalized spacial score (nSPS) is 10.1. The summed E-state index contributed by atoms with van der Waals surface area (Å²) in [6.07, 6.45) is 3.36. The summed E-state index contributed by atoms with van der Waals surface area (Å²) in [7, 11) is 1.62. The highest BCUT2D eigenvalue weighted by Gasteiger charge is 2.05. The van der Waals surface area contributed by atoms with Gasteiger partial charge in [0.05, 0.1) is 17.3 Å². The Hall–Kier alpha value is -1.14. The third-order valence-corrected chi connectivity index (χ3v) is 2.93. The van der Waals surface area contributed by atoms with Gasteiger partial charge < -0.3 is 10.1 Å². The Labute approximate surface area is 116 Å². The average Bonchev–Trinajstić information content (AvgIpc) is 2.32. The lowest BCUT2D eigenvalue weighted by Gasteiger charge is -2.10. The maximum atomic E-state index is 5.25. The van der Waals surface area contributed by atoms with Gasteiger partial charge in [-0.15, -0.1) is 0 Å². The van der Waals surface area contributed by atoms with Crippen molar-refractivity contribution in [3.63, 3.8) is 0 Å². The zero-order valence-corrected chi connectivity index (χ0v) is 12.1. The average molecular weight is 359 g/mol. The zero-order valence-electron chi connectivity index (χ0n) is 8.95. The molecule has 0 aliphatic heterocycles. The van der Waals surface area contributed by atoms with Gasteiger partial charge in [0, 0.05) is 16.9 Å². The lowest BCUT2D eigenvalue weighted by Crippen LogP contribution is -1.98. The van der Waals surface area contributed by atoms with Crippen molar-refractivity contribution in [3.8, 4) is 5.75 Å². The van der Waals surface area contributed by atoms with Crippen molar-refractivity contribution in [2.45, 2.75) is 0 Å². The third kappa shape index (κ3) is 3.17. The largest absolute Gasteiger partial charge is 0.495 e. The van der Waals surface area contributed by atoms with Crippen molar-refractivity contribution in [2.75, 3.05) is 12.4 Å². The van der Waals surface area contributed by atoms with Crippen molar-refractivity contribution in [3.05, 3.63) is 39.5 Å². The van der Waals surface area contributed by atoms with Crippen LogP contribution in [0.15, 0.2) is 39.5 Å². The van der Waals surface area contributed by atoms with Gasteiger partial charge in [0.1, 0.15) is 5.75 Å². The Balaban J connectivity index is 2.28. The first-order chi connectivity index (χ1) is 8.19. The van der Waals surface area contributed by atoms with E-state index in [4.69, 9.17) is 4.74 Å². The van der Waals surface area contributed by atoms with Crippen LogP contribution in [-0.4, -0.2) is 17.1 Å². The highest BCUT2D eigenvalue weighted by atomic mass is 79.9. The van der Waals surface area contributed by atoms with Gasteiger partial charge in [0.25, 0.3) is 0 Å². The molecule has 0 radical (unpaired) electrons. The third-order valence-electron chi connectivity index (χ3n) is 2.03. The first-order valence-corrected chi connectivity index (χ1v) is 6.36. The quantitative estimate of drug-likeness (QED) is 0.907. The highest BCUT2D eigenvalue weighted by Crippen LogP contribution is 2.29. The van der Waals surface area contributed by atoms with E-state index in [-0.39, 0.29) is 0 Å². The van der Waals surface area contributed by atoms with Crippen molar-refractivity contribution in [2.24, 2.45) is 0 Å². The van der Waals surface area contributed by atoms with E-state index in [1.807, 2.05) is 18.2 Å². The fourth-order valence-electron chi connectivity index (χ4n) is 1.28. The number of anilines is 2. The van der Waals surface area contributed by atoms with E-state index in [1.54, 1.807) is 19.5 Å². The molecule has 0 amide bonds. The minimum absolute atomic E-state index is 0.518. The molecule has 0 saturated carbocycles. The molecule has 1 heterocycles. The fraction of sp³-hybridized carbons (Fsp3) is 0.0909. The van der Waals surface area contributed by atoms with E-state index in [1.165, 1.54) is 0 Å². The Bertz CT molecular complexity index is 517. The molecule has 1 aromatic heterocycles. The number of hydrogen-bond acceptors (Lipinski definition) is 4. The highest BCUT2D eigenvalue weighted by molar-refractivity contribution is 9.10. The van der Waals surface area contributed by atoms with Gasteiger partial charge in [0.15, 0.2) is 0 Å². The minimum atomic E-state index is 0.518. The summed E-state index contributed by atoms with van der Waals surface area (Å²) in [5.74, 6) is 1.25. The van der Waals surface area contributed by atoms with Gasteiger partial charge in [-0.25, -0.2) is 9.97 Å². The zero-order chi connectivity index (χ0) is 12.3. The number of ether oxygens (including phenoxy) is 1. The van der Waals surface area contributed by atoms with Crippen molar-refractivity contribution in [1.82, 2.24) is 9.97 Å². The molecule has 1 N–H and O–H groups in total. The Morgan fingerprint density at radius 3 is 2.47 bits per heavy atom. The second kappa shape index (κ2) is 5.46. The Kier molecular flexibility index (Phi) is 3.96. The molecular weight excluding hydrogens is 350 g/mol. The van der Waals surface area contributed by atoms with E-state index in [2.05, 4.69) is 47.1 Å². The molecule has 2 aromatic rings. The number of methoxy groups -OCH3 is 1. The molecule has 88 valence electrons. The van der Waals surface area contributed by atoms with Gasteiger partial charge in [-0.3, -0.25) is 0 Å². The number of benzene rings is 1. The summed E-state index contributed by atoms with van der Waals surface area (Å²) in [6.45, 7) is 0. The second-order valence-electron chi connectivity index (χ2n) is 3.19. The number of hydrogen-bond donors (Lipinski definition) is 1. The van der Waals surface area contributed by atoms with Crippen LogP contribution in [-0.2, 0) is 0 Å². The molecule has 0 fully saturated rings. The van der Waals surface area contributed by atoms with Gasteiger partial charge in [-0.2, -0.15) is 0 Å². The molecule has 0 bridgehead atoms. The van der Waals surface area contributed by atoms with Crippen LogP contribution in [0.25, 0.3) is 0 Å². The van der Waals surface area contributed by atoms with Crippen molar-refractivity contribution in [1.29, 1.82) is 0 Å². The lowest BCUT2D eigenvalue weighted by atomic mass is 10.3. The van der Waals surface area contributed by atoms with Crippen molar-refractivity contribution < 1.29 is 4.74 Å². The topological polar surface area (TPSA) is 47.0 Å². The summed E-state index contributed by atoms with van der Waals surface area (Å²) in [4.78, 5) is 8.28. The number of rotatable bonds is 3. The first kappa shape index (κ1) is 12.3. The van der Waals surface area contributed by atoms with Crippen LogP contribution in [0.3, 0.4) is 0 Å². The first-order valence-electron chi connectivity index (χ1n) is 4.77. The van der Waals surface area contributed by atoms with E-state index in [0.29, 0.717) is 5.95 Å². The van der Waals surface area contributed by atoms with E-state index in [0.717, 1.165) is 20.4 Å². The van der Waals surface area contributed by atoms with Crippen LogP contribution in [0.1, 0.15) is 0 Å². The van der Waals surface area contributed by atoms with E-state index < -0.39 is 0 Å². The molecule has 6 heteroatoms. The Morgan fingerprint density at radius 2 is 1.82 bits per heavy atom. The van der Waals surface area contributed by atoms with Gasteiger partial charge in [-0.1, -0.05) is 15.9 Å².